The van der Waals surface area contributed by atoms with Crippen molar-refractivity contribution in [2.75, 3.05) is 5.32 Å². The first kappa shape index (κ1) is 16.4. The number of hydrogen-bond acceptors (Lipinski definition) is 2. The van der Waals surface area contributed by atoms with Crippen molar-refractivity contribution in [1.82, 2.24) is 9.78 Å². The van der Waals surface area contributed by atoms with Crippen molar-refractivity contribution in [3.05, 3.63) is 70.9 Å². The van der Waals surface area contributed by atoms with Gasteiger partial charge in [-0.1, -0.05) is 6.07 Å². The molecule has 1 aliphatic carbocycles. The van der Waals surface area contributed by atoms with Crippen LogP contribution in [0, 0.1) is 11.6 Å². The predicted octanol–water partition coefficient (Wildman–Crippen LogP) is 4.11. The molecule has 1 heterocycles. The number of nitrogens with zero attached hydrogens (tertiary/aromatic N) is 2. The maximum Gasteiger partial charge on any atom is 0.259 e. The summed E-state index contributed by atoms with van der Waals surface area (Å²) in [6.45, 7) is 0. The van der Waals surface area contributed by atoms with E-state index in [1.807, 2.05) is 18.2 Å². The number of amides is 1. The third-order valence-corrected chi connectivity index (χ3v) is 4.62. The van der Waals surface area contributed by atoms with Crippen LogP contribution in [0.5, 0.6) is 0 Å². The molecule has 0 atom stereocenters. The van der Waals surface area contributed by atoms with E-state index in [1.54, 1.807) is 7.05 Å². The van der Waals surface area contributed by atoms with Gasteiger partial charge in [0.1, 0.15) is 17.3 Å². The molecule has 0 saturated heterocycles. The number of fused-ring (bicyclic) bond motifs is 1. The van der Waals surface area contributed by atoms with E-state index in [0.717, 1.165) is 31.4 Å². The van der Waals surface area contributed by atoms with Crippen molar-refractivity contribution in [3.8, 4) is 11.3 Å². The van der Waals surface area contributed by atoms with Gasteiger partial charge in [-0.3, -0.25) is 9.48 Å². The molecule has 0 spiro atoms. The van der Waals surface area contributed by atoms with Crippen LogP contribution in [0.4, 0.5) is 14.5 Å². The standard InChI is InChI=1S/C20H17F2N3O/c1-25-11-17(19(24-25)16-8-6-14(21)10-18(16)22)20(26)23-15-7-5-12-3-2-4-13(12)9-15/h5-11H,2-4H2,1H3,(H,23,26). The van der Waals surface area contributed by atoms with Crippen LogP contribution in [0.3, 0.4) is 0 Å². The van der Waals surface area contributed by atoms with Gasteiger partial charge in [-0.25, -0.2) is 8.78 Å². The zero-order valence-electron chi connectivity index (χ0n) is 14.2. The van der Waals surface area contributed by atoms with Gasteiger partial charge in [-0.05, 0) is 54.7 Å². The van der Waals surface area contributed by atoms with E-state index in [-0.39, 0.29) is 22.7 Å². The largest absolute Gasteiger partial charge is 0.322 e. The Morgan fingerprint density at radius 3 is 2.73 bits per heavy atom. The van der Waals surface area contributed by atoms with E-state index in [2.05, 4.69) is 10.4 Å². The normalized spacial score (nSPS) is 12.9. The lowest BCUT2D eigenvalue weighted by molar-refractivity contribution is 0.102. The molecular weight excluding hydrogens is 336 g/mol. The SMILES string of the molecule is Cn1cc(C(=O)Nc2ccc3c(c2)CCC3)c(-c2ccc(F)cc2F)n1. The zero-order chi connectivity index (χ0) is 18.3. The first-order chi connectivity index (χ1) is 12.5. The van der Waals surface area contributed by atoms with Crippen molar-refractivity contribution in [2.24, 2.45) is 7.05 Å². The molecule has 1 aliphatic rings. The molecule has 132 valence electrons. The average molecular weight is 353 g/mol. The summed E-state index contributed by atoms with van der Waals surface area (Å²) in [5, 5.41) is 7.04. The second kappa shape index (κ2) is 6.37. The predicted molar refractivity (Wildman–Crippen MR) is 95.0 cm³/mol. The number of aromatic nitrogens is 2. The van der Waals surface area contributed by atoms with Gasteiger partial charge in [-0.15, -0.1) is 0 Å². The van der Waals surface area contributed by atoms with Gasteiger partial charge in [-0.2, -0.15) is 5.10 Å². The summed E-state index contributed by atoms with van der Waals surface area (Å²) >= 11 is 0. The third-order valence-electron chi connectivity index (χ3n) is 4.62. The van der Waals surface area contributed by atoms with Crippen molar-refractivity contribution < 1.29 is 13.6 Å². The second-order valence-corrected chi connectivity index (χ2v) is 6.48. The van der Waals surface area contributed by atoms with Gasteiger partial charge in [0, 0.05) is 30.6 Å². The number of benzene rings is 2. The highest BCUT2D eigenvalue weighted by Crippen LogP contribution is 2.28. The van der Waals surface area contributed by atoms with Gasteiger partial charge in [0.05, 0.1) is 5.56 Å². The molecule has 1 aromatic heterocycles. The lowest BCUT2D eigenvalue weighted by Gasteiger charge is -2.08. The molecule has 4 nitrogen and oxygen atoms in total. The third kappa shape index (κ3) is 2.98. The van der Waals surface area contributed by atoms with Crippen molar-refractivity contribution in [3.63, 3.8) is 0 Å². The van der Waals surface area contributed by atoms with Crippen LogP contribution in [0.25, 0.3) is 11.3 Å². The topological polar surface area (TPSA) is 46.9 Å². The minimum atomic E-state index is -0.754. The first-order valence-corrected chi connectivity index (χ1v) is 8.43. The van der Waals surface area contributed by atoms with Crippen LogP contribution in [0.2, 0.25) is 0 Å². The fraction of sp³-hybridized carbons (Fsp3) is 0.200. The summed E-state index contributed by atoms with van der Waals surface area (Å²) in [5.41, 5.74) is 3.77. The lowest BCUT2D eigenvalue weighted by atomic mass is 10.1. The number of aryl methyl sites for hydroxylation is 3. The maximum atomic E-state index is 14.1. The van der Waals surface area contributed by atoms with Crippen LogP contribution in [-0.2, 0) is 19.9 Å². The number of hydrogen-bond donors (Lipinski definition) is 1. The molecule has 26 heavy (non-hydrogen) atoms. The Morgan fingerprint density at radius 1 is 1.12 bits per heavy atom. The number of rotatable bonds is 3. The smallest absolute Gasteiger partial charge is 0.259 e. The van der Waals surface area contributed by atoms with E-state index in [9.17, 15) is 13.6 Å². The Hall–Kier alpha value is -3.02. The highest BCUT2D eigenvalue weighted by atomic mass is 19.1. The monoisotopic (exact) mass is 353 g/mol. The van der Waals surface area contributed by atoms with E-state index in [0.29, 0.717) is 5.69 Å². The molecule has 6 heteroatoms. The van der Waals surface area contributed by atoms with Crippen molar-refractivity contribution in [1.29, 1.82) is 0 Å². The number of anilines is 1. The fourth-order valence-corrected chi connectivity index (χ4v) is 3.38. The summed E-state index contributed by atoms with van der Waals surface area (Å²) < 4.78 is 28.8. The minimum Gasteiger partial charge on any atom is -0.322 e. The van der Waals surface area contributed by atoms with Crippen LogP contribution in [-0.4, -0.2) is 15.7 Å². The number of halogens is 2. The van der Waals surface area contributed by atoms with Gasteiger partial charge in [0.2, 0.25) is 0 Å². The Morgan fingerprint density at radius 2 is 1.92 bits per heavy atom. The summed E-state index contributed by atoms with van der Waals surface area (Å²) in [4.78, 5) is 12.7. The highest BCUT2D eigenvalue weighted by molar-refractivity contribution is 6.08. The second-order valence-electron chi connectivity index (χ2n) is 6.48. The van der Waals surface area contributed by atoms with Gasteiger partial charge in [0.15, 0.2) is 0 Å². The number of carbonyl (C=O) groups is 1. The zero-order valence-corrected chi connectivity index (χ0v) is 14.2. The molecule has 0 aliphatic heterocycles. The molecule has 1 amide bonds. The average Bonchev–Trinajstić information content (AvgIpc) is 3.20. The Bertz CT molecular complexity index is 1010. The van der Waals surface area contributed by atoms with Crippen LogP contribution >= 0.6 is 0 Å². The first-order valence-electron chi connectivity index (χ1n) is 8.43. The Balaban J connectivity index is 1.66. The number of carbonyl (C=O) groups excluding carboxylic acids is 1. The summed E-state index contributed by atoms with van der Waals surface area (Å²) in [7, 11) is 1.65. The summed E-state index contributed by atoms with van der Waals surface area (Å²) in [6, 6.07) is 9.10. The molecule has 2 aromatic carbocycles. The van der Waals surface area contributed by atoms with Gasteiger partial charge < -0.3 is 5.32 Å². The molecule has 0 saturated carbocycles. The highest BCUT2D eigenvalue weighted by Gasteiger charge is 2.21. The summed E-state index contributed by atoms with van der Waals surface area (Å²) in [5.74, 6) is -1.81. The molecule has 4 rings (SSSR count). The molecular formula is C20H17F2N3O. The van der Waals surface area contributed by atoms with Crippen LogP contribution in [0.15, 0.2) is 42.6 Å². The van der Waals surface area contributed by atoms with E-state index < -0.39 is 11.6 Å². The molecule has 0 radical (unpaired) electrons. The van der Waals surface area contributed by atoms with Crippen molar-refractivity contribution in [2.45, 2.75) is 19.3 Å². The summed E-state index contributed by atoms with van der Waals surface area (Å²) in [6.07, 6.45) is 4.74. The Kier molecular flexibility index (Phi) is 4.03. The molecule has 3 aromatic rings. The quantitative estimate of drug-likeness (QED) is 0.770. The van der Waals surface area contributed by atoms with Crippen LogP contribution in [0.1, 0.15) is 27.9 Å². The maximum absolute atomic E-state index is 14.1. The molecule has 1 N–H and O–H groups in total. The van der Waals surface area contributed by atoms with Crippen molar-refractivity contribution >= 4 is 11.6 Å². The molecule has 0 unspecified atom stereocenters. The molecule has 0 fully saturated rings. The van der Waals surface area contributed by atoms with E-state index >= 15 is 0 Å². The Labute approximate surface area is 149 Å². The van der Waals surface area contributed by atoms with Gasteiger partial charge in [0.25, 0.3) is 5.91 Å². The lowest BCUT2D eigenvalue weighted by Crippen LogP contribution is -2.12. The van der Waals surface area contributed by atoms with E-state index in [1.165, 1.54) is 28.1 Å². The van der Waals surface area contributed by atoms with Gasteiger partial charge >= 0.3 is 0 Å². The number of nitrogens with one attached hydrogen (secondary N) is 1. The van der Waals surface area contributed by atoms with Crippen LogP contribution < -0.4 is 5.32 Å². The van der Waals surface area contributed by atoms with E-state index in [4.69, 9.17) is 0 Å². The molecule has 0 bridgehead atoms. The minimum absolute atomic E-state index is 0.0890. The fourth-order valence-electron chi connectivity index (χ4n) is 3.38.